The lowest BCUT2D eigenvalue weighted by Gasteiger charge is -2.32. The zero-order valence-corrected chi connectivity index (χ0v) is 19.6. The first kappa shape index (κ1) is 22.3. The van der Waals surface area contributed by atoms with Crippen LogP contribution in [0.4, 0.5) is 10.1 Å². The molecule has 0 saturated carbocycles. The first-order valence-corrected chi connectivity index (χ1v) is 11.8. The van der Waals surface area contributed by atoms with Gasteiger partial charge in [0.25, 0.3) is 0 Å². The first-order chi connectivity index (χ1) is 16.5. The number of amides is 1. The quantitative estimate of drug-likeness (QED) is 0.423. The third kappa shape index (κ3) is 4.59. The second-order valence-electron chi connectivity index (χ2n) is 9.21. The summed E-state index contributed by atoms with van der Waals surface area (Å²) in [4.78, 5) is 20.3. The number of nitrogens with zero attached hydrogens (tertiary/aromatic N) is 3. The van der Waals surface area contributed by atoms with Crippen molar-refractivity contribution in [3.63, 3.8) is 0 Å². The Bertz CT molecular complexity index is 1330. The second-order valence-corrected chi connectivity index (χ2v) is 9.21. The molecule has 2 heterocycles. The number of carbonyl (C=O) groups excluding carboxylic acids is 1. The highest BCUT2D eigenvalue weighted by Gasteiger charge is 2.27. The normalized spacial score (nSPS) is 16.6. The number of hydrogen-bond acceptors (Lipinski definition) is 3. The summed E-state index contributed by atoms with van der Waals surface area (Å²) in [5, 5.41) is 3.13. The number of aromatic nitrogens is 2. The van der Waals surface area contributed by atoms with Crippen molar-refractivity contribution < 1.29 is 9.18 Å². The van der Waals surface area contributed by atoms with Gasteiger partial charge in [-0.25, -0.2) is 9.37 Å². The smallest absolute Gasteiger partial charge is 0.228 e. The van der Waals surface area contributed by atoms with E-state index in [0.717, 1.165) is 53.2 Å². The maximum Gasteiger partial charge on any atom is 0.228 e. The van der Waals surface area contributed by atoms with Crippen LogP contribution in [-0.4, -0.2) is 33.4 Å². The number of aryl methyl sites for hydroxylation is 2. The fourth-order valence-corrected chi connectivity index (χ4v) is 4.86. The van der Waals surface area contributed by atoms with Crippen molar-refractivity contribution >= 4 is 22.6 Å². The van der Waals surface area contributed by atoms with Gasteiger partial charge in [-0.05, 0) is 81.3 Å². The Labute approximate surface area is 199 Å². The predicted octanol–water partition coefficient (Wildman–Crippen LogP) is 5.63. The van der Waals surface area contributed by atoms with Gasteiger partial charge in [0, 0.05) is 17.9 Å². The first-order valence-electron chi connectivity index (χ1n) is 11.8. The molecule has 1 aliphatic rings. The van der Waals surface area contributed by atoms with Gasteiger partial charge in [-0.15, -0.1) is 0 Å². The van der Waals surface area contributed by atoms with Crippen molar-refractivity contribution in [1.82, 2.24) is 14.5 Å². The minimum atomic E-state index is -0.261. The summed E-state index contributed by atoms with van der Waals surface area (Å²) < 4.78 is 15.7. The van der Waals surface area contributed by atoms with E-state index in [1.165, 1.54) is 17.7 Å². The van der Waals surface area contributed by atoms with Gasteiger partial charge >= 0.3 is 0 Å². The zero-order chi connectivity index (χ0) is 23.7. The van der Waals surface area contributed by atoms with Gasteiger partial charge in [-0.2, -0.15) is 0 Å². The Morgan fingerprint density at radius 3 is 2.68 bits per heavy atom. The predicted molar refractivity (Wildman–Crippen MR) is 134 cm³/mol. The van der Waals surface area contributed by atoms with Crippen LogP contribution in [0.3, 0.4) is 0 Å². The number of hydrogen-bond donors (Lipinski definition) is 1. The molecule has 1 saturated heterocycles. The maximum atomic E-state index is 13.6. The van der Waals surface area contributed by atoms with Gasteiger partial charge < -0.3 is 5.32 Å². The van der Waals surface area contributed by atoms with Crippen LogP contribution < -0.4 is 5.32 Å². The molecule has 0 spiro atoms. The van der Waals surface area contributed by atoms with Crippen molar-refractivity contribution in [3.05, 3.63) is 89.5 Å². The Kier molecular flexibility index (Phi) is 6.16. The van der Waals surface area contributed by atoms with Gasteiger partial charge in [0.05, 0.1) is 23.5 Å². The van der Waals surface area contributed by atoms with Crippen LogP contribution in [0, 0.1) is 25.6 Å². The molecule has 6 heteroatoms. The SMILES string of the molecule is Cc1ccc(NC(=O)[C@H]2CCCN(Cc3nc4ccccc4n3-c3ccc(F)cc3)C2)c(C)c1. The molecule has 1 N–H and O–H groups in total. The van der Waals surface area contributed by atoms with Crippen LogP contribution in [0.25, 0.3) is 16.7 Å². The highest BCUT2D eigenvalue weighted by atomic mass is 19.1. The molecule has 1 amide bonds. The van der Waals surface area contributed by atoms with Crippen molar-refractivity contribution in [1.29, 1.82) is 0 Å². The number of carbonyl (C=O) groups is 1. The number of piperidine rings is 1. The largest absolute Gasteiger partial charge is 0.326 e. The highest BCUT2D eigenvalue weighted by molar-refractivity contribution is 5.93. The Morgan fingerprint density at radius 2 is 1.88 bits per heavy atom. The number of fused-ring (bicyclic) bond motifs is 1. The summed E-state index contributed by atoms with van der Waals surface area (Å²) in [7, 11) is 0. The van der Waals surface area contributed by atoms with Crippen molar-refractivity contribution in [2.24, 2.45) is 5.92 Å². The summed E-state index contributed by atoms with van der Waals surface area (Å²) >= 11 is 0. The lowest BCUT2D eigenvalue weighted by atomic mass is 9.96. The van der Waals surface area contributed by atoms with E-state index in [4.69, 9.17) is 4.98 Å². The molecule has 1 aliphatic heterocycles. The number of para-hydroxylation sites is 2. The maximum absolute atomic E-state index is 13.6. The standard InChI is InChI=1S/C28H29FN4O/c1-19-9-14-24(20(2)16-19)31-28(34)21-6-5-15-32(17-21)18-27-30-25-7-3-4-8-26(25)33(27)23-12-10-22(29)11-13-23/h3-4,7-14,16,21H,5-6,15,17-18H2,1-2H3,(H,31,34)/t21-/m0/s1. The van der Waals surface area contributed by atoms with Crippen LogP contribution in [0.15, 0.2) is 66.7 Å². The molecular formula is C28H29FN4O. The Hall–Kier alpha value is -3.51. The lowest BCUT2D eigenvalue weighted by Crippen LogP contribution is -2.40. The topological polar surface area (TPSA) is 50.2 Å². The molecule has 174 valence electrons. The summed E-state index contributed by atoms with van der Waals surface area (Å²) in [5.74, 6) is 0.633. The number of benzene rings is 3. The fourth-order valence-electron chi connectivity index (χ4n) is 4.86. The number of anilines is 1. The summed E-state index contributed by atoms with van der Waals surface area (Å²) in [6, 6.07) is 20.6. The van der Waals surface area contributed by atoms with Gasteiger partial charge in [-0.3, -0.25) is 14.3 Å². The van der Waals surface area contributed by atoms with E-state index in [0.29, 0.717) is 13.1 Å². The Morgan fingerprint density at radius 1 is 1.09 bits per heavy atom. The molecule has 1 atom stereocenters. The monoisotopic (exact) mass is 456 g/mol. The van der Waals surface area contributed by atoms with E-state index < -0.39 is 0 Å². The van der Waals surface area contributed by atoms with E-state index >= 15 is 0 Å². The molecule has 1 aromatic heterocycles. The number of nitrogens with one attached hydrogen (secondary N) is 1. The van der Waals surface area contributed by atoms with Crippen LogP contribution in [0.5, 0.6) is 0 Å². The number of imidazole rings is 1. The summed E-state index contributed by atoms with van der Waals surface area (Å²) in [6.07, 6.45) is 1.84. The molecule has 0 radical (unpaired) electrons. The van der Waals surface area contributed by atoms with E-state index in [9.17, 15) is 9.18 Å². The molecule has 34 heavy (non-hydrogen) atoms. The van der Waals surface area contributed by atoms with Gasteiger partial charge in [-0.1, -0.05) is 29.8 Å². The van der Waals surface area contributed by atoms with E-state index in [2.05, 4.69) is 27.8 Å². The van der Waals surface area contributed by atoms with Crippen LogP contribution >= 0.6 is 0 Å². The number of halogens is 1. The number of likely N-dealkylation sites (tertiary alicyclic amines) is 1. The van der Waals surface area contributed by atoms with E-state index in [-0.39, 0.29) is 17.6 Å². The number of rotatable bonds is 5. The van der Waals surface area contributed by atoms with Crippen LogP contribution in [-0.2, 0) is 11.3 Å². The molecule has 0 aliphatic carbocycles. The molecule has 5 rings (SSSR count). The minimum absolute atomic E-state index is 0.0712. The lowest BCUT2D eigenvalue weighted by molar-refractivity contribution is -0.121. The third-order valence-electron chi connectivity index (χ3n) is 6.60. The van der Waals surface area contributed by atoms with Crippen LogP contribution in [0.2, 0.25) is 0 Å². The summed E-state index contributed by atoms with van der Waals surface area (Å²) in [5.41, 5.74) is 5.92. The van der Waals surface area contributed by atoms with Gasteiger partial charge in [0.15, 0.2) is 0 Å². The molecule has 0 bridgehead atoms. The van der Waals surface area contributed by atoms with Crippen molar-refractivity contribution in [2.75, 3.05) is 18.4 Å². The molecule has 4 aromatic rings. The molecule has 1 fully saturated rings. The molecule has 0 unspecified atom stereocenters. The Balaban J connectivity index is 1.36. The molecular weight excluding hydrogens is 427 g/mol. The highest BCUT2D eigenvalue weighted by Crippen LogP contribution is 2.26. The van der Waals surface area contributed by atoms with Crippen molar-refractivity contribution in [2.45, 2.75) is 33.2 Å². The van der Waals surface area contributed by atoms with Crippen molar-refractivity contribution in [3.8, 4) is 5.69 Å². The minimum Gasteiger partial charge on any atom is -0.326 e. The molecule has 5 nitrogen and oxygen atoms in total. The van der Waals surface area contributed by atoms with E-state index in [1.807, 2.05) is 43.3 Å². The summed E-state index contributed by atoms with van der Waals surface area (Å²) in [6.45, 7) is 6.30. The van der Waals surface area contributed by atoms with Gasteiger partial charge in [0.2, 0.25) is 5.91 Å². The average molecular weight is 457 g/mol. The average Bonchev–Trinajstić information content (AvgIpc) is 3.19. The third-order valence-corrected chi connectivity index (χ3v) is 6.60. The second kappa shape index (κ2) is 9.39. The molecule has 3 aromatic carbocycles. The zero-order valence-electron chi connectivity index (χ0n) is 19.6. The van der Waals surface area contributed by atoms with Gasteiger partial charge in [0.1, 0.15) is 11.6 Å². The fraction of sp³-hybridized carbons (Fsp3) is 0.286. The van der Waals surface area contributed by atoms with E-state index in [1.54, 1.807) is 12.1 Å². The van der Waals surface area contributed by atoms with Crippen LogP contribution in [0.1, 0.15) is 29.8 Å².